The van der Waals surface area contributed by atoms with Gasteiger partial charge in [-0.15, -0.1) is 0 Å². The molecule has 4 nitrogen and oxygen atoms in total. The van der Waals surface area contributed by atoms with Gasteiger partial charge in [0.1, 0.15) is 4.32 Å². The first-order valence-electron chi connectivity index (χ1n) is 5.68. The predicted octanol–water partition coefficient (Wildman–Crippen LogP) is 1.79. The lowest BCUT2D eigenvalue weighted by Crippen LogP contribution is -2.33. The van der Waals surface area contributed by atoms with E-state index in [1.54, 1.807) is 6.08 Å². The van der Waals surface area contributed by atoms with E-state index in [-0.39, 0.29) is 18.9 Å². The number of thiocarbonyl (C=S) groups is 1. The largest absolute Gasteiger partial charge is 0.550 e. The Hall–Kier alpha value is -1.18. The van der Waals surface area contributed by atoms with E-state index in [9.17, 15) is 14.7 Å². The Kier molecular flexibility index (Phi) is 4.95. The van der Waals surface area contributed by atoms with Crippen molar-refractivity contribution in [1.29, 1.82) is 0 Å². The molecular weight excluding hydrogens is 362 g/mol. The molecule has 1 aliphatic rings. The highest BCUT2D eigenvalue weighted by Crippen LogP contribution is 2.32. The number of rotatable bonds is 4. The minimum atomic E-state index is -1.20. The molecule has 1 heterocycles. The molecule has 0 saturated carbocycles. The topological polar surface area (TPSA) is 60.4 Å². The zero-order valence-electron chi connectivity index (χ0n) is 10.2. The highest BCUT2D eigenvalue weighted by atomic mass is 79.9. The number of thioether (sulfide) groups is 1. The van der Waals surface area contributed by atoms with Gasteiger partial charge in [0.15, 0.2) is 0 Å². The average Bonchev–Trinajstić information content (AvgIpc) is 2.62. The quantitative estimate of drug-likeness (QED) is 0.597. The van der Waals surface area contributed by atoms with E-state index in [1.165, 1.54) is 16.7 Å². The molecule has 2 rings (SSSR count). The van der Waals surface area contributed by atoms with Crippen LogP contribution in [0.4, 0.5) is 0 Å². The van der Waals surface area contributed by atoms with Crippen molar-refractivity contribution in [1.82, 2.24) is 4.90 Å². The van der Waals surface area contributed by atoms with Crippen molar-refractivity contribution < 1.29 is 14.7 Å². The van der Waals surface area contributed by atoms with Crippen molar-refractivity contribution in [2.45, 2.75) is 6.42 Å². The first-order chi connectivity index (χ1) is 9.47. The van der Waals surface area contributed by atoms with Crippen molar-refractivity contribution in [3.05, 3.63) is 39.2 Å². The Morgan fingerprint density at radius 3 is 2.90 bits per heavy atom. The van der Waals surface area contributed by atoms with Gasteiger partial charge in [0.2, 0.25) is 0 Å². The fourth-order valence-electron chi connectivity index (χ4n) is 1.64. The second kappa shape index (κ2) is 6.51. The van der Waals surface area contributed by atoms with Crippen molar-refractivity contribution in [2.24, 2.45) is 0 Å². The zero-order valence-corrected chi connectivity index (χ0v) is 13.4. The number of hydrogen-bond donors (Lipinski definition) is 0. The third kappa shape index (κ3) is 3.68. The van der Waals surface area contributed by atoms with E-state index < -0.39 is 5.97 Å². The lowest BCUT2D eigenvalue weighted by atomic mass is 10.2. The molecule has 0 radical (unpaired) electrons. The molecule has 1 saturated heterocycles. The van der Waals surface area contributed by atoms with Gasteiger partial charge in [-0.1, -0.05) is 52.0 Å². The molecule has 0 unspecified atom stereocenters. The standard InChI is InChI=1S/C13H10BrNO3S2/c14-9-3-1-2-8(6-9)7-10-12(18)15(13(19)20-10)5-4-11(16)17/h1-3,6-7H,4-5H2,(H,16,17)/p-1. The summed E-state index contributed by atoms with van der Waals surface area (Å²) in [4.78, 5) is 24.4. The summed E-state index contributed by atoms with van der Waals surface area (Å²) in [5, 5.41) is 10.5. The molecule has 104 valence electrons. The molecule has 0 spiro atoms. The summed E-state index contributed by atoms with van der Waals surface area (Å²) in [6, 6.07) is 7.52. The number of amides is 1. The summed E-state index contributed by atoms with van der Waals surface area (Å²) in [6.45, 7) is 0.0445. The van der Waals surface area contributed by atoms with Gasteiger partial charge in [-0.05, 0) is 23.8 Å². The number of halogens is 1. The summed E-state index contributed by atoms with van der Waals surface area (Å²) in [5.74, 6) is -1.46. The fourth-order valence-corrected chi connectivity index (χ4v) is 3.37. The Labute approximate surface area is 134 Å². The highest BCUT2D eigenvalue weighted by Gasteiger charge is 2.31. The Morgan fingerprint density at radius 2 is 2.25 bits per heavy atom. The summed E-state index contributed by atoms with van der Waals surface area (Å²) >= 11 is 9.63. The lowest BCUT2D eigenvalue weighted by molar-refractivity contribution is -0.305. The Bertz CT molecular complexity index is 615. The number of hydrogen-bond acceptors (Lipinski definition) is 5. The molecular formula is C13H9BrNO3S2-. The SMILES string of the molecule is O=C([O-])CCN1C(=O)C(=Cc2cccc(Br)c2)SC1=S. The van der Waals surface area contributed by atoms with Gasteiger partial charge in [-0.25, -0.2) is 0 Å². The van der Waals surface area contributed by atoms with Gasteiger partial charge in [0.05, 0.1) is 4.91 Å². The van der Waals surface area contributed by atoms with Gasteiger partial charge in [0.25, 0.3) is 5.91 Å². The van der Waals surface area contributed by atoms with Crippen molar-refractivity contribution >= 4 is 62.2 Å². The maximum Gasteiger partial charge on any atom is 0.266 e. The van der Waals surface area contributed by atoms with Crippen LogP contribution in [0, 0.1) is 0 Å². The van der Waals surface area contributed by atoms with Crippen LogP contribution in [0.25, 0.3) is 6.08 Å². The molecule has 1 aromatic carbocycles. The summed E-state index contributed by atoms with van der Waals surface area (Å²) in [5.41, 5.74) is 0.875. The minimum absolute atomic E-state index is 0.0445. The third-order valence-electron chi connectivity index (χ3n) is 2.56. The molecule has 1 fully saturated rings. The number of carbonyl (C=O) groups is 2. The van der Waals surface area contributed by atoms with Crippen LogP contribution in [0.15, 0.2) is 33.6 Å². The molecule has 0 aromatic heterocycles. The molecule has 1 aliphatic heterocycles. The van der Waals surface area contributed by atoms with Crippen LogP contribution < -0.4 is 5.11 Å². The monoisotopic (exact) mass is 370 g/mol. The van der Waals surface area contributed by atoms with Gasteiger partial charge in [-0.3, -0.25) is 9.69 Å². The van der Waals surface area contributed by atoms with Crippen LogP contribution in [0.1, 0.15) is 12.0 Å². The average molecular weight is 371 g/mol. The minimum Gasteiger partial charge on any atom is -0.550 e. The van der Waals surface area contributed by atoms with E-state index in [4.69, 9.17) is 12.2 Å². The van der Waals surface area contributed by atoms with E-state index in [0.29, 0.717) is 9.23 Å². The number of benzene rings is 1. The maximum atomic E-state index is 12.1. The van der Waals surface area contributed by atoms with Gasteiger partial charge >= 0.3 is 0 Å². The van der Waals surface area contributed by atoms with Crippen LogP contribution in [-0.4, -0.2) is 27.6 Å². The Balaban J connectivity index is 2.17. The maximum absolute atomic E-state index is 12.1. The van der Waals surface area contributed by atoms with Crippen LogP contribution in [0.2, 0.25) is 0 Å². The molecule has 0 aliphatic carbocycles. The van der Waals surface area contributed by atoms with Crippen LogP contribution in [0.3, 0.4) is 0 Å². The molecule has 1 amide bonds. The normalized spacial score (nSPS) is 17.1. The van der Waals surface area contributed by atoms with E-state index in [2.05, 4.69) is 15.9 Å². The second-order valence-electron chi connectivity index (χ2n) is 4.01. The smallest absolute Gasteiger partial charge is 0.266 e. The van der Waals surface area contributed by atoms with Crippen molar-refractivity contribution in [3.63, 3.8) is 0 Å². The molecule has 20 heavy (non-hydrogen) atoms. The molecule has 0 bridgehead atoms. The first-order valence-corrected chi connectivity index (χ1v) is 7.70. The number of carbonyl (C=O) groups excluding carboxylic acids is 2. The first kappa shape index (κ1) is 15.2. The molecule has 0 N–H and O–H groups in total. The zero-order chi connectivity index (χ0) is 14.7. The predicted molar refractivity (Wildman–Crippen MR) is 83.6 cm³/mol. The van der Waals surface area contributed by atoms with Crippen LogP contribution >= 0.6 is 39.9 Å². The van der Waals surface area contributed by atoms with Crippen molar-refractivity contribution in [3.8, 4) is 0 Å². The third-order valence-corrected chi connectivity index (χ3v) is 4.43. The molecule has 0 atom stereocenters. The van der Waals surface area contributed by atoms with E-state index in [1.807, 2.05) is 24.3 Å². The molecule has 1 aromatic rings. The summed E-state index contributed by atoms with van der Waals surface area (Å²) in [7, 11) is 0. The summed E-state index contributed by atoms with van der Waals surface area (Å²) in [6.07, 6.45) is 1.51. The number of nitrogens with zero attached hydrogens (tertiary/aromatic N) is 1. The lowest BCUT2D eigenvalue weighted by Gasteiger charge is -2.14. The van der Waals surface area contributed by atoms with Crippen LogP contribution in [0.5, 0.6) is 0 Å². The highest BCUT2D eigenvalue weighted by molar-refractivity contribution is 9.10. The number of carboxylic acids is 1. The van der Waals surface area contributed by atoms with Crippen molar-refractivity contribution in [2.75, 3.05) is 6.54 Å². The van der Waals surface area contributed by atoms with Crippen LogP contribution in [-0.2, 0) is 9.59 Å². The van der Waals surface area contributed by atoms with E-state index >= 15 is 0 Å². The van der Waals surface area contributed by atoms with Gasteiger partial charge in [-0.2, -0.15) is 0 Å². The Morgan fingerprint density at radius 1 is 1.50 bits per heavy atom. The molecule has 7 heteroatoms. The summed E-state index contributed by atoms with van der Waals surface area (Å²) < 4.78 is 1.29. The number of aliphatic carboxylic acids is 1. The van der Waals surface area contributed by atoms with Gasteiger partial charge in [0, 0.05) is 23.4 Å². The number of carboxylic acid groups (broad SMARTS) is 1. The fraction of sp³-hybridized carbons (Fsp3) is 0.154. The van der Waals surface area contributed by atoms with E-state index in [0.717, 1.165) is 10.0 Å². The van der Waals surface area contributed by atoms with Gasteiger partial charge < -0.3 is 9.90 Å². The second-order valence-corrected chi connectivity index (χ2v) is 6.60.